The highest BCUT2D eigenvalue weighted by Gasteiger charge is 2.43. The third-order valence-electron chi connectivity index (χ3n) is 6.06. The summed E-state index contributed by atoms with van der Waals surface area (Å²) >= 11 is 0. The van der Waals surface area contributed by atoms with Crippen LogP contribution in [0.4, 0.5) is 5.69 Å². The Bertz CT molecular complexity index is 965. The molecule has 0 saturated carbocycles. The van der Waals surface area contributed by atoms with E-state index in [9.17, 15) is 14.4 Å². The SMILES string of the molecule is Cc1ccc(N2C(=O)CC(N3CCC(NC(=O)c4ccccc4)CC3)C2=O)c(C)c1. The molecule has 2 aromatic carbocycles. The molecular formula is C24H27N3O3. The van der Waals surface area contributed by atoms with Gasteiger partial charge < -0.3 is 5.32 Å². The summed E-state index contributed by atoms with van der Waals surface area (Å²) in [4.78, 5) is 41.6. The molecule has 1 unspecified atom stereocenters. The first-order chi connectivity index (χ1) is 14.4. The number of amides is 3. The number of hydrogen-bond donors (Lipinski definition) is 1. The summed E-state index contributed by atoms with van der Waals surface area (Å²) in [6, 6.07) is 14.6. The molecule has 6 nitrogen and oxygen atoms in total. The van der Waals surface area contributed by atoms with Crippen molar-refractivity contribution in [3.05, 3.63) is 65.2 Å². The predicted molar refractivity (Wildman–Crippen MR) is 115 cm³/mol. The van der Waals surface area contributed by atoms with Crippen LogP contribution in [-0.4, -0.2) is 47.8 Å². The first-order valence-corrected chi connectivity index (χ1v) is 10.5. The van der Waals surface area contributed by atoms with Gasteiger partial charge in [-0.05, 0) is 50.5 Å². The first kappa shape index (κ1) is 20.3. The smallest absolute Gasteiger partial charge is 0.251 e. The highest BCUT2D eigenvalue weighted by atomic mass is 16.2. The molecule has 30 heavy (non-hydrogen) atoms. The molecule has 2 aliphatic rings. The van der Waals surface area contributed by atoms with E-state index in [1.165, 1.54) is 4.90 Å². The van der Waals surface area contributed by atoms with Crippen LogP contribution in [0.25, 0.3) is 0 Å². The molecule has 4 rings (SSSR count). The van der Waals surface area contributed by atoms with Crippen LogP contribution < -0.4 is 10.2 Å². The van der Waals surface area contributed by atoms with Crippen molar-refractivity contribution in [2.75, 3.05) is 18.0 Å². The van der Waals surface area contributed by atoms with Crippen molar-refractivity contribution in [1.29, 1.82) is 0 Å². The van der Waals surface area contributed by atoms with E-state index in [1.807, 2.05) is 50.2 Å². The van der Waals surface area contributed by atoms with Gasteiger partial charge >= 0.3 is 0 Å². The van der Waals surface area contributed by atoms with Gasteiger partial charge in [0.1, 0.15) is 0 Å². The minimum atomic E-state index is -0.413. The topological polar surface area (TPSA) is 69.7 Å². The van der Waals surface area contributed by atoms with E-state index in [-0.39, 0.29) is 30.2 Å². The standard InChI is InChI=1S/C24H27N3O3/c1-16-8-9-20(17(2)14-16)27-22(28)15-21(24(27)30)26-12-10-19(11-13-26)25-23(29)18-6-4-3-5-7-18/h3-9,14,19,21H,10-13,15H2,1-2H3,(H,25,29). The number of nitrogens with zero attached hydrogens (tertiary/aromatic N) is 2. The van der Waals surface area contributed by atoms with E-state index < -0.39 is 6.04 Å². The van der Waals surface area contributed by atoms with E-state index in [0.29, 0.717) is 24.3 Å². The summed E-state index contributed by atoms with van der Waals surface area (Å²) in [5, 5.41) is 3.09. The fourth-order valence-corrected chi connectivity index (χ4v) is 4.42. The summed E-state index contributed by atoms with van der Waals surface area (Å²) in [6.07, 6.45) is 1.74. The van der Waals surface area contributed by atoms with E-state index in [1.54, 1.807) is 12.1 Å². The normalized spacial score (nSPS) is 20.6. The summed E-state index contributed by atoms with van der Waals surface area (Å²) in [6.45, 7) is 5.29. The van der Waals surface area contributed by atoms with Crippen LogP contribution in [0.5, 0.6) is 0 Å². The average Bonchev–Trinajstić information content (AvgIpc) is 3.03. The van der Waals surface area contributed by atoms with Crippen molar-refractivity contribution >= 4 is 23.4 Å². The van der Waals surface area contributed by atoms with E-state index in [0.717, 1.165) is 24.0 Å². The molecular weight excluding hydrogens is 378 g/mol. The van der Waals surface area contributed by atoms with E-state index >= 15 is 0 Å². The maximum absolute atomic E-state index is 13.1. The fraction of sp³-hybridized carbons (Fsp3) is 0.375. The Balaban J connectivity index is 1.37. The molecule has 2 heterocycles. The van der Waals surface area contributed by atoms with Crippen LogP contribution in [-0.2, 0) is 9.59 Å². The average molecular weight is 405 g/mol. The van der Waals surface area contributed by atoms with Crippen molar-refractivity contribution in [3.63, 3.8) is 0 Å². The second kappa shape index (κ2) is 8.40. The van der Waals surface area contributed by atoms with Crippen molar-refractivity contribution in [2.24, 2.45) is 0 Å². The van der Waals surface area contributed by atoms with Gasteiger partial charge in [-0.1, -0.05) is 35.9 Å². The summed E-state index contributed by atoms with van der Waals surface area (Å²) in [5.74, 6) is -0.350. The number of nitrogens with one attached hydrogen (secondary N) is 1. The van der Waals surface area contributed by atoms with Gasteiger partial charge in [-0.2, -0.15) is 0 Å². The third-order valence-corrected chi connectivity index (χ3v) is 6.06. The van der Waals surface area contributed by atoms with Crippen LogP contribution in [0.1, 0.15) is 40.7 Å². The summed E-state index contributed by atoms with van der Waals surface area (Å²) in [5.41, 5.74) is 3.37. The number of anilines is 1. The lowest BCUT2D eigenvalue weighted by Gasteiger charge is -2.35. The second-order valence-corrected chi connectivity index (χ2v) is 8.23. The van der Waals surface area contributed by atoms with E-state index in [4.69, 9.17) is 0 Å². The molecule has 2 saturated heterocycles. The van der Waals surface area contributed by atoms with Gasteiger partial charge in [0, 0.05) is 24.7 Å². The maximum Gasteiger partial charge on any atom is 0.251 e. The van der Waals surface area contributed by atoms with Gasteiger partial charge in [0.05, 0.1) is 18.2 Å². The Labute approximate surface area is 176 Å². The largest absolute Gasteiger partial charge is 0.349 e. The number of hydrogen-bond acceptors (Lipinski definition) is 4. The van der Waals surface area contributed by atoms with Gasteiger partial charge in [0.15, 0.2) is 0 Å². The van der Waals surface area contributed by atoms with Crippen molar-refractivity contribution in [2.45, 2.75) is 45.2 Å². The summed E-state index contributed by atoms with van der Waals surface area (Å²) in [7, 11) is 0. The number of rotatable bonds is 4. The Morgan fingerprint density at radius 1 is 1.00 bits per heavy atom. The number of benzene rings is 2. The molecule has 0 radical (unpaired) electrons. The van der Waals surface area contributed by atoms with E-state index in [2.05, 4.69) is 10.2 Å². The van der Waals surface area contributed by atoms with Gasteiger partial charge in [0.25, 0.3) is 11.8 Å². The molecule has 3 amide bonds. The quantitative estimate of drug-likeness (QED) is 0.795. The van der Waals surface area contributed by atoms with Crippen LogP contribution in [0.15, 0.2) is 48.5 Å². The third kappa shape index (κ3) is 4.00. The zero-order valence-electron chi connectivity index (χ0n) is 17.4. The lowest BCUT2D eigenvalue weighted by atomic mass is 10.0. The number of likely N-dealkylation sites (tertiary alicyclic amines) is 1. The Hall–Kier alpha value is -2.99. The lowest BCUT2D eigenvalue weighted by Crippen LogP contribution is -2.50. The Kier molecular flexibility index (Phi) is 5.68. The molecule has 6 heteroatoms. The molecule has 2 fully saturated rings. The number of carbonyl (C=O) groups is 3. The van der Waals surface area contributed by atoms with Crippen molar-refractivity contribution in [1.82, 2.24) is 10.2 Å². The molecule has 1 N–H and O–H groups in total. The fourth-order valence-electron chi connectivity index (χ4n) is 4.42. The zero-order chi connectivity index (χ0) is 21.3. The Morgan fingerprint density at radius 2 is 1.70 bits per heavy atom. The van der Waals surface area contributed by atoms with Gasteiger partial charge in [-0.3, -0.25) is 19.3 Å². The van der Waals surface area contributed by atoms with Crippen LogP contribution in [0.2, 0.25) is 0 Å². The molecule has 0 aromatic heterocycles. The molecule has 1 atom stereocenters. The number of piperidine rings is 1. The van der Waals surface area contributed by atoms with Gasteiger partial charge in [-0.15, -0.1) is 0 Å². The highest BCUT2D eigenvalue weighted by Crippen LogP contribution is 2.30. The Morgan fingerprint density at radius 3 is 2.37 bits per heavy atom. The molecule has 0 aliphatic carbocycles. The summed E-state index contributed by atoms with van der Waals surface area (Å²) < 4.78 is 0. The van der Waals surface area contributed by atoms with Crippen LogP contribution in [0, 0.1) is 13.8 Å². The molecule has 0 bridgehead atoms. The van der Waals surface area contributed by atoms with Gasteiger partial charge in [-0.25, -0.2) is 4.90 Å². The van der Waals surface area contributed by atoms with Crippen LogP contribution in [0.3, 0.4) is 0 Å². The predicted octanol–water partition coefficient (Wildman–Crippen LogP) is 2.83. The lowest BCUT2D eigenvalue weighted by molar-refractivity contribution is -0.123. The minimum absolute atomic E-state index is 0.0674. The maximum atomic E-state index is 13.1. The number of imide groups is 1. The van der Waals surface area contributed by atoms with Crippen molar-refractivity contribution < 1.29 is 14.4 Å². The van der Waals surface area contributed by atoms with Gasteiger partial charge in [0.2, 0.25) is 5.91 Å². The second-order valence-electron chi connectivity index (χ2n) is 8.23. The minimum Gasteiger partial charge on any atom is -0.349 e. The molecule has 156 valence electrons. The van der Waals surface area contributed by atoms with Crippen LogP contribution >= 0.6 is 0 Å². The molecule has 2 aromatic rings. The first-order valence-electron chi connectivity index (χ1n) is 10.5. The monoisotopic (exact) mass is 405 g/mol. The van der Waals surface area contributed by atoms with Crippen molar-refractivity contribution in [3.8, 4) is 0 Å². The number of carbonyl (C=O) groups excluding carboxylic acids is 3. The molecule has 2 aliphatic heterocycles. The molecule has 0 spiro atoms. The highest BCUT2D eigenvalue weighted by molar-refractivity contribution is 6.22. The zero-order valence-corrected chi connectivity index (χ0v) is 17.4. The number of aryl methyl sites for hydroxylation is 2.